The van der Waals surface area contributed by atoms with Gasteiger partial charge in [-0.2, -0.15) is 0 Å². The van der Waals surface area contributed by atoms with Gasteiger partial charge in [0.2, 0.25) is 0 Å². The monoisotopic (exact) mass is 202 g/mol. The number of hydrogen-bond acceptors (Lipinski definition) is 2. The molecule has 3 rings (SSSR count). The fraction of sp³-hybridized carbons (Fsp3) is 0.538. The highest BCUT2D eigenvalue weighted by Gasteiger charge is 2.30. The Morgan fingerprint density at radius 3 is 2.80 bits per heavy atom. The molecular weight excluding hydrogens is 184 g/mol. The number of nitrogens with two attached hydrogens (primary N) is 1. The van der Waals surface area contributed by atoms with Crippen LogP contribution in [0.4, 0.5) is 5.69 Å². The van der Waals surface area contributed by atoms with Gasteiger partial charge in [-0.25, -0.2) is 0 Å². The molecule has 0 spiro atoms. The Hall–Kier alpha value is -1.02. The molecule has 1 aliphatic heterocycles. The third-order valence-corrected chi connectivity index (χ3v) is 3.83. The molecule has 0 radical (unpaired) electrons. The average molecular weight is 202 g/mol. The van der Waals surface area contributed by atoms with Crippen LogP contribution in [0.1, 0.15) is 36.4 Å². The quantitative estimate of drug-likeness (QED) is 0.708. The largest absolute Gasteiger partial charge is 0.398 e. The van der Waals surface area contributed by atoms with E-state index in [1.807, 2.05) is 6.07 Å². The van der Waals surface area contributed by atoms with Crippen molar-refractivity contribution in [3.63, 3.8) is 0 Å². The van der Waals surface area contributed by atoms with Gasteiger partial charge < -0.3 is 5.73 Å². The highest BCUT2D eigenvalue weighted by molar-refractivity contribution is 5.54. The first-order valence-corrected chi connectivity index (χ1v) is 5.97. The molecule has 0 amide bonds. The maximum absolute atomic E-state index is 6.10. The standard InChI is InChI=1S/C13H18N2/c14-11-5-3-4-10-6-7-12(13(10)11)15-8-1-2-9-15/h3-5,12H,1-2,6-9,14H2. The lowest BCUT2D eigenvalue weighted by atomic mass is 10.1. The van der Waals surface area contributed by atoms with Crippen LogP contribution in [-0.4, -0.2) is 18.0 Å². The topological polar surface area (TPSA) is 29.3 Å². The summed E-state index contributed by atoms with van der Waals surface area (Å²) in [6.45, 7) is 2.52. The molecule has 0 bridgehead atoms. The van der Waals surface area contributed by atoms with Crippen LogP contribution in [0.3, 0.4) is 0 Å². The number of likely N-dealkylation sites (tertiary alicyclic amines) is 1. The summed E-state index contributed by atoms with van der Waals surface area (Å²) < 4.78 is 0. The number of anilines is 1. The second-order valence-electron chi connectivity index (χ2n) is 4.72. The Morgan fingerprint density at radius 2 is 2.00 bits per heavy atom. The first kappa shape index (κ1) is 9.22. The molecule has 1 heterocycles. The lowest BCUT2D eigenvalue weighted by Crippen LogP contribution is -2.24. The van der Waals surface area contributed by atoms with Gasteiger partial charge in [0.05, 0.1) is 0 Å². The van der Waals surface area contributed by atoms with Crippen LogP contribution in [0.15, 0.2) is 18.2 Å². The summed E-state index contributed by atoms with van der Waals surface area (Å²) >= 11 is 0. The van der Waals surface area contributed by atoms with Gasteiger partial charge in [0.1, 0.15) is 0 Å². The highest BCUT2D eigenvalue weighted by atomic mass is 15.2. The van der Waals surface area contributed by atoms with Gasteiger partial charge in [0.15, 0.2) is 0 Å². The van der Waals surface area contributed by atoms with E-state index in [4.69, 9.17) is 5.73 Å². The minimum absolute atomic E-state index is 0.615. The van der Waals surface area contributed by atoms with E-state index in [2.05, 4.69) is 17.0 Å². The zero-order valence-electron chi connectivity index (χ0n) is 9.08. The third-order valence-electron chi connectivity index (χ3n) is 3.83. The van der Waals surface area contributed by atoms with Crippen LogP contribution in [0.5, 0.6) is 0 Å². The van der Waals surface area contributed by atoms with Crippen molar-refractivity contribution in [2.24, 2.45) is 0 Å². The predicted molar refractivity (Wildman–Crippen MR) is 62.7 cm³/mol. The fourth-order valence-electron chi connectivity index (χ4n) is 3.11. The molecule has 80 valence electrons. The smallest absolute Gasteiger partial charge is 0.0374 e. The fourth-order valence-corrected chi connectivity index (χ4v) is 3.11. The number of nitrogen functional groups attached to an aromatic ring is 1. The van der Waals surface area contributed by atoms with E-state index >= 15 is 0 Å². The molecule has 1 fully saturated rings. The summed E-state index contributed by atoms with van der Waals surface area (Å²) in [5, 5.41) is 0. The molecule has 2 N–H and O–H groups in total. The van der Waals surface area contributed by atoms with Gasteiger partial charge in [0, 0.05) is 11.7 Å². The molecular formula is C13H18N2. The Kier molecular flexibility index (Phi) is 2.17. The van der Waals surface area contributed by atoms with Crippen LogP contribution >= 0.6 is 0 Å². The van der Waals surface area contributed by atoms with Crippen molar-refractivity contribution in [2.75, 3.05) is 18.8 Å². The molecule has 1 aliphatic carbocycles. The Labute approximate surface area is 91.1 Å². The van der Waals surface area contributed by atoms with Crippen LogP contribution < -0.4 is 5.73 Å². The normalized spacial score (nSPS) is 25.7. The van der Waals surface area contributed by atoms with Crippen LogP contribution in [0.2, 0.25) is 0 Å². The van der Waals surface area contributed by atoms with Gasteiger partial charge in [-0.15, -0.1) is 0 Å². The van der Waals surface area contributed by atoms with Crippen molar-refractivity contribution in [3.8, 4) is 0 Å². The molecule has 1 atom stereocenters. The lowest BCUT2D eigenvalue weighted by molar-refractivity contribution is 0.246. The molecule has 2 aliphatic rings. The van der Waals surface area contributed by atoms with E-state index < -0.39 is 0 Å². The minimum atomic E-state index is 0.615. The van der Waals surface area contributed by atoms with Gasteiger partial charge in [0.25, 0.3) is 0 Å². The molecule has 2 heteroatoms. The number of rotatable bonds is 1. The second-order valence-corrected chi connectivity index (χ2v) is 4.72. The summed E-state index contributed by atoms with van der Waals surface area (Å²) in [4.78, 5) is 2.61. The molecule has 1 aromatic rings. The molecule has 0 saturated carbocycles. The van der Waals surface area contributed by atoms with Crippen molar-refractivity contribution in [3.05, 3.63) is 29.3 Å². The Morgan fingerprint density at radius 1 is 1.20 bits per heavy atom. The van der Waals surface area contributed by atoms with E-state index in [-0.39, 0.29) is 0 Å². The molecule has 0 aromatic heterocycles. The Bertz CT molecular complexity index is 367. The van der Waals surface area contributed by atoms with Crippen molar-refractivity contribution >= 4 is 5.69 Å². The zero-order chi connectivity index (χ0) is 10.3. The van der Waals surface area contributed by atoms with Crippen molar-refractivity contribution in [1.82, 2.24) is 4.90 Å². The Balaban J connectivity index is 1.96. The average Bonchev–Trinajstić information content (AvgIpc) is 2.85. The van der Waals surface area contributed by atoms with Crippen LogP contribution in [-0.2, 0) is 6.42 Å². The number of nitrogens with zero attached hydrogens (tertiary/aromatic N) is 1. The molecule has 1 unspecified atom stereocenters. The maximum atomic E-state index is 6.10. The number of aryl methyl sites for hydroxylation is 1. The van der Waals surface area contributed by atoms with Gasteiger partial charge in [-0.1, -0.05) is 12.1 Å². The maximum Gasteiger partial charge on any atom is 0.0374 e. The summed E-state index contributed by atoms with van der Waals surface area (Å²) in [7, 11) is 0. The lowest BCUT2D eigenvalue weighted by Gasteiger charge is -2.25. The van der Waals surface area contributed by atoms with Gasteiger partial charge >= 0.3 is 0 Å². The SMILES string of the molecule is Nc1cccc2c1C(N1CCCC1)CC2. The van der Waals surface area contributed by atoms with Crippen molar-refractivity contribution in [1.29, 1.82) is 0 Å². The molecule has 2 nitrogen and oxygen atoms in total. The molecule has 1 aromatic carbocycles. The molecule has 15 heavy (non-hydrogen) atoms. The van der Waals surface area contributed by atoms with E-state index in [1.54, 1.807) is 0 Å². The highest BCUT2D eigenvalue weighted by Crippen LogP contribution is 2.40. The third kappa shape index (κ3) is 1.44. The zero-order valence-corrected chi connectivity index (χ0v) is 9.08. The van der Waals surface area contributed by atoms with Gasteiger partial charge in [-0.3, -0.25) is 4.90 Å². The second kappa shape index (κ2) is 3.53. The summed E-state index contributed by atoms with van der Waals surface area (Å²) in [6, 6.07) is 6.99. The van der Waals surface area contributed by atoms with Crippen LogP contribution in [0.25, 0.3) is 0 Å². The number of hydrogen-bond donors (Lipinski definition) is 1. The summed E-state index contributed by atoms with van der Waals surface area (Å²) in [6.07, 6.45) is 5.20. The van der Waals surface area contributed by atoms with E-state index in [0.717, 1.165) is 5.69 Å². The number of benzene rings is 1. The number of fused-ring (bicyclic) bond motifs is 1. The first-order valence-electron chi connectivity index (χ1n) is 5.97. The van der Waals surface area contributed by atoms with E-state index in [0.29, 0.717) is 6.04 Å². The summed E-state index contributed by atoms with van der Waals surface area (Å²) in [5.41, 5.74) is 10.0. The van der Waals surface area contributed by atoms with E-state index in [1.165, 1.54) is 49.9 Å². The first-order chi connectivity index (χ1) is 7.36. The van der Waals surface area contributed by atoms with E-state index in [9.17, 15) is 0 Å². The minimum Gasteiger partial charge on any atom is -0.398 e. The van der Waals surface area contributed by atoms with Crippen molar-refractivity contribution < 1.29 is 0 Å². The van der Waals surface area contributed by atoms with Crippen LogP contribution in [0, 0.1) is 0 Å². The predicted octanol–water partition coefficient (Wildman–Crippen LogP) is 2.35. The summed E-state index contributed by atoms with van der Waals surface area (Å²) in [5.74, 6) is 0. The molecule has 1 saturated heterocycles. The van der Waals surface area contributed by atoms with Gasteiger partial charge in [-0.05, 0) is 56.0 Å². The van der Waals surface area contributed by atoms with Crippen molar-refractivity contribution in [2.45, 2.75) is 31.7 Å².